The quantitative estimate of drug-likeness (QED) is 0.872. The molecule has 2 rings (SSSR count). The summed E-state index contributed by atoms with van der Waals surface area (Å²) in [5, 5.41) is 7.87. The van der Waals surface area contributed by atoms with Crippen molar-refractivity contribution in [2.75, 3.05) is 0 Å². The Morgan fingerprint density at radius 2 is 2.00 bits per heavy atom. The molecule has 0 aliphatic carbocycles. The van der Waals surface area contributed by atoms with Crippen LogP contribution in [0.15, 0.2) is 41.4 Å². The zero-order chi connectivity index (χ0) is 11.4. The Morgan fingerprint density at radius 3 is 2.62 bits per heavy atom. The van der Waals surface area contributed by atoms with Crippen LogP contribution in [0.2, 0.25) is 0 Å². The number of rotatable bonds is 4. The monoisotopic (exact) mass is 232 g/mol. The van der Waals surface area contributed by atoms with E-state index in [1.165, 1.54) is 11.1 Å². The van der Waals surface area contributed by atoms with E-state index in [9.17, 15) is 0 Å². The Balaban J connectivity index is 2.00. The van der Waals surface area contributed by atoms with Crippen molar-refractivity contribution in [1.82, 2.24) is 10.3 Å². The molecule has 84 valence electrons. The highest BCUT2D eigenvalue weighted by molar-refractivity contribution is 7.07. The second-order valence-corrected chi connectivity index (χ2v) is 4.73. The Kier molecular flexibility index (Phi) is 3.70. The molecule has 0 bridgehead atoms. The molecule has 0 spiro atoms. The number of thiophene rings is 1. The fourth-order valence-corrected chi connectivity index (χ4v) is 2.48. The zero-order valence-electron chi connectivity index (χ0n) is 9.55. The Labute approximate surface area is 100 Å². The van der Waals surface area contributed by atoms with E-state index >= 15 is 0 Å². The van der Waals surface area contributed by atoms with Crippen molar-refractivity contribution in [1.29, 1.82) is 0 Å². The van der Waals surface area contributed by atoms with Crippen LogP contribution in [0.3, 0.4) is 0 Å². The first-order chi connectivity index (χ1) is 7.77. The van der Waals surface area contributed by atoms with Crippen LogP contribution in [-0.4, -0.2) is 4.98 Å². The summed E-state index contributed by atoms with van der Waals surface area (Å²) in [7, 11) is 0. The molecule has 2 nitrogen and oxygen atoms in total. The summed E-state index contributed by atoms with van der Waals surface area (Å²) < 4.78 is 0. The van der Waals surface area contributed by atoms with Gasteiger partial charge in [-0.1, -0.05) is 6.07 Å². The number of hydrogen-bond acceptors (Lipinski definition) is 3. The summed E-state index contributed by atoms with van der Waals surface area (Å²) in [5.41, 5.74) is 2.57. The van der Waals surface area contributed by atoms with Crippen molar-refractivity contribution in [2.45, 2.75) is 25.9 Å². The normalized spacial score (nSPS) is 14.6. The molecule has 0 aliphatic rings. The minimum absolute atomic E-state index is 0.323. The van der Waals surface area contributed by atoms with Gasteiger partial charge in [-0.2, -0.15) is 11.3 Å². The molecule has 3 heteroatoms. The molecule has 0 amide bonds. The molecular formula is C13H16N2S. The number of pyridine rings is 1. The van der Waals surface area contributed by atoms with Crippen molar-refractivity contribution < 1.29 is 0 Å². The molecule has 0 saturated heterocycles. The molecule has 2 heterocycles. The molecule has 0 radical (unpaired) electrons. The van der Waals surface area contributed by atoms with Crippen LogP contribution >= 0.6 is 11.3 Å². The van der Waals surface area contributed by atoms with Gasteiger partial charge in [-0.15, -0.1) is 0 Å². The molecule has 2 atom stereocenters. The molecule has 0 fully saturated rings. The van der Waals surface area contributed by atoms with E-state index < -0.39 is 0 Å². The zero-order valence-corrected chi connectivity index (χ0v) is 10.4. The lowest BCUT2D eigenvalue weighted by molar-refractivity contribution is 0.494. The van der Waals surface area contributed by atoms with Gasteiger partial charge in [-0.25, -0.2) is 0 Å². The van der Waals surface area contributed by atoms with E-state index in [-0.39, 0.29) is 0 Å². The van der Waals surface area contributed by atoms with Crippen LogP contribution in [0.5, 0.6) is 0 Å². The van der Waals surface area contributed by atoms with E-state index in [0.29, 0.717) is 12.1 Å². The fourth-order valence-electron chi connectivity index (χ4n) is 1.72. The van der Waals surface area contributed by atoms with Crippen LogP contribution < -0.4 is 5.32 Å². The van der Waals surface area contributed by atoms with Gasteiger partial charge in [-0.3, -0.25) is 4.98 Å². The summed E-state index contributed by atoms with van der Waals surface area (Å²) in [6, 6.07) is 6.94. The van der Waals surface area contributed by atoms with E-state index in [1.54, 1.807) is 17.5 Å². The summed E-state index contributed by atoms with van der Waals surface area (Å²) in [6.07, 6.45) is 3.72. The van der Waals surface area contributed by atoms with Gasteiger partial charge < -0.3 is 5.32 Å². The fraction of sp³-hybridized carbons (Fsp3) is 0.308. The maximum absolute atomic E-state index is 4.14. The van der Waals surface area contributed by atoms with Gasteiger partial charge in [0.2, 0.25) is 0 Å². The van der Waals surface area contributed by atoms with Crippen molar-refractivity contribution in [3.05, 3.63) is 52.5 Å². The molecule has 16 heavy (non-hydrogen) atoms. The maximum Gasteiger partial charge on any atom is 0.0315 e. The maximum atomic E-state index is 4.14. The van der Waals surface area contributed by atoms with Crippen molar-refractivity contribution in [3.8, 4) is 0 Å². The van der Waals surface area contributed by atoms with Gasteiger partial charge in [-0.05, 0) is 47.9 Å². The predicted octanol–water partition coefficient (Wildman–Crippen LogP) is 3.55. The minimum atomic E-state index is 0.323. The summed E-state index contributed by atoms with van der Waals surface area (Å²) in [4.78, 5) is 4.14. The summed E-state index contributed by atoms with van der Waals surface area (Å²) >= 11 is 1.74. The minimum Gasteiger partial charge on any atom is -0.304 e. The standard InChI is InChI=1S/C13H16N2S/c1-10(12-4-3-6-14-8-12)15-11(2)13-5-7-16-9-13/h3-11,15H,1-2H3/t10-,11?/m1/s1. The lowest BCUT2D eigenvalue weighted by Crippen LogP contribution is -2.22. The van der Waals surface area contributed by atoms with Gasteiger partial charge in [0.1, 0.15) is 0 Å². The Bertz CT molecular complexity index is 411. The molecule has 2 aromatic rings. The molecule has 0 saturated carbocycles. The van der Waals surface area contributed by atoms with Crippen molar-refractivity contribution in [2.24, 2.45) is 0 Å². The second kappa shape index (κ2) is 5.23. The highest BCUT2D eigenvalue weighted by atomic mass is 32.1. The van der Waals surface area contributed by atoms with Gasteiger partial charge in [0.15, 0.2) is 0 Å². The van der Waals surface area contributed by atoms with Gasteiger partial charge in [0.25, 0.3) is 0 Å². The predicted molar refractivity (Wildman–Crippen MR) is 68.5 cm³/mol. The Morgan fingerprint density at radius 1 is 1.19 bits per heavy atom. The summed E-state index contributed by atoms with van der Waals surface area (Å²) in [5.74, 6) is 0. The van der Waals surface area contributed by atoms with Crippen LogP contribution in [-0.2, 0) is 0 Å². The SMILES string of the molecule is CC(N[C@H](C)c1cccnc1)c1ccsc1. The van der Waals surface area contributed by atoms with Gasteiger partial charge >= 0.3 is 0 Å². The average molecular weight is 232 g/mol. The van der Waals surface area contributed by atoms with E-state index in [0.717, 1.165) is 0 Å². The molecule has 0 aromatic carbocycles. The molecular weight excluding hydrogens is 216 g/mol. The Hall–Kier alpha value is -1.19. The number of hydrogen-bond donors (Lipinski definition) is 1. The van der Waals surface area contributed by atoms with Crippen molar-refractivity contribution in [3.63, 3.8) is 0 Å². The first-order valence-electron chi connectivity index (χ1n) is 5.45. The average Bonchev–Trinajstić information content (AvgIpc) is 2.83. The van der Waals surface area contributed by atoms with Gasteiger partial charge in [0, 0.05) is 24.5 Å². The highest BCUT2D eigenvalue weighted by Crippen LogP contribution is 2.20. The highest BCUT2D eigenvalue weighted by Gasteiger charge is 2.10. The number of aromatic nitrogens is 1. The number of nitrogens with zero attached hydrogens (tertiary/aromatic N) is 1. The van der Waals surface area contributed by atoms with Crippen LogP contribution in [0.25, 0.3) is 0 Å². The van der Waals surface area contributed by atoms with E-state index in [1.807, 2.05) is 12.3 Å². The third kappa shape index (κ3) is 2.68. The lowest BCUT2D eigenvalue weighted by atomic mass is 10.1. The smallest absolute Gasteiger partial charge is 0.0315 e. The molecule has 0 aliphatic heterocycles. The number of nitrogens with one attached hydrogen (secondary N) is 1. The molecule has 2 aromatic heterocycles. The summed E-state index contributed by atoms with van der Waals surface area (Å²) in [6.45, 7) is 4.36. The third-order valence-corrected chi connectivity index (χ3v) is 3.43. The molecule has 1 N–H and O–H groups in total. The lowest BCUT2D eigenvalue weighted by Gasteiger charge is -2.19. The second-order valence-electron chi connectivity index (χ2n) is 3.95. The van der Waals surface area contributed by atoms with Gasteiger partial charge in [0.05, 0.1) is 0 Å². The van der Waals surface area contributed by atoms with Crippen LogP contribution in [0.4, 0.5) is 0 Å². The van der Waals surface area contributed by atoms with Crippen LogP contribution in [0.1, 0.15) is 37.1 Å². The van der Waals surface area contributed by atoms with E-state index in [2.05, 4.69) is 47.0 Å². The third-order valence-electron chi connectivity index (χ3n) is 2.73. The van der Waals surface area contributed by atoms with E-state index in [4.69, 9.17) is 0 Å². The van der Waals surface area contributed by atoms with Crippen LogP contribution in [0, 0.1) is 0 Å². The molecule has 1 unspecified atom stereocenters. The first-order valence-corrected chi connectivity index (χ1v) is 6.39. The van der Waals surface area contributed by atoms with Crippen molar-refractivity contribution >= 4 is 11.3 Å². The largest absolute Gasteiger partial charge is 0.304 e. The topological polar surface area (TPSA) is 24.9 Å². The first kappa shape index (κ1) is 11.3.